The maximum atomic E-state index is 13.2. The minimum absolute atomic E-state index is 0.247. The predicted octanol–water partition coefficient (Wildman–Crippen LogP) is 15.8. The Hall–Kier alpha value is -1.67. The molecule has 1 aliphatic heterocycles. The maximum Gasteiger partial charge on any atom is 0.249 e. The van der Waals surface area contributed by atoms with Gasteiger partial charge in [0, 0.05) is 0 Å². The van der Waals surface area contributed by atoms with Gasteiger partial charge in [-0.2, -0.15) is 0 Å². The highest BCUT2D eigenvalue weighted by atomic mass is 16.7. The summed E-state index contributed by atoms with van der Waals surface area (Å²) in [5.74, 6) is -0.706. The molecule has 1 fully saturated rings. The molecule has 11 heteroatoms. The molecule has 0 aliphatic carbocycles. The highest BCUT2D eigenvalue weighted by Gasteiger charge is 2.44. The highest BCUT2D eigenvalue weighted by Crippen LogP contribution is 2.24. The van der Waals surface area contributed by atoms with Crippen molar-refractivity contribution in [2.24, 2.45) is 0 Å². The van der Waals surface area contributed by atoms with Gasteiger partial charge in [-0.1, -0.05) is 281 Å². The molecule has 0 spiro atoms. The van der Waals surface area contributed by atoms with E-state index in [0.29, 0.717) is 19.3 Å². The predicted molar refractivity (Wildman–Crippen MR) is 330 cm³/mol. The van der Waals surface area contributed by atoms with E-state index >= 15 is 0 Å². The number of unbranched alkanes of at least 4 members (excludes halogenated alkanes) is 41. The summed E-state index contributed by atoms with van der Waals surface area (Å²) in [7, 11) is 0. The summed E-state index contributed by atoms with van der Waals surface area (Å²) in [4.78, 5) is 13.2. The van der Waals surface area contributed by atoms with Crippen molar-refractivity contribution in [1.82, 2.24) is 5.32 Å². The van der Waals surface area contributed by atoms with Crippen LogP contribution in [0, 0.1) is 0 Å². The lowest BCUT2D eigenvalue weighted by molar-refractivity contribution is -0.303. The van der Waals surface area contributed by atoms with E-state index in [-0.39, 0.29) is 12.8 Å². The molecular formula is C68H129NO10. The molecule has 1 saturated heterocycles. The van der Waals surface area contributed by atoms with Crippen LogP contribution in [0.25, 0.3) is 0 Å². The quantitative estimate of drug-likeness (QED) is 0.0215. The van der Waals surface area contributed by atoms with Crippen LogP contribution in [0.5, 0.6) is 0 Å². The maximum absolute atomic E-state index is 13.2. The number of allylic oxidation sites excluding steroid dienone is 6. The fourth-order valence-electron chi connectivity index (χ4n) is 10.9. The van der Waals surface area contributed by atoms with Crippen LogP contribution in [-0.2, 0) is 14.3 Å². The van der Waals surface area contributed by atoms with Crippen LogP contribution in [0.4, 0.5) is 0 Å². The molecule has 8 N–H and O–H groups in total. The largest absolute Gasteiger partial charge is 0.394 e. The van der Waals surface area contributed by atoms with Gasteiger partial charge in [0.25, 0.3) is 0 Å². The zero-order valence-electron chi connectivity index (χ0n) is 51.4. The second-order valence-corrected chi connectivity index (χ2v) is 23.9. The summed E-state index contributed by atoms with van der Waals surface area (Å²) in [5, 5.41) is 76.2. The molecule has 0 radical (unpaired) electrons. The number of aliphatic hydroxyl groups excluding tert-OH is 7. The van der Waals surface area contributed by atoms with E-state index in [1.54, 1.807) is 0 Å². The van der Waals surface area contributed by atoms with Crippen molar-refractivity contribution in [3.63, 3.8) is 0 Å². The van der Waals surface area contributed by atoms with E-state index in [9.17, 15) is 40.5 Å². The van der Waals surface area contributed by atoms with Gasteiger partial charge in [0.1, 0.15) is 36.6 Å². The lowest BCUT2D eigenvalue weighted by Gasteiger charge is -2.40. The van der Waals surface area contributed by atoms with Gasteiger partial charge in [-0.3, -0.25) is 4.79 Å². The van der Waals surface area contributed by atoms with Crippen LogP contribution in [0.2, 0.25) is 0 Å². The van der Waals surface area contributed by atoms with E-state index in [4.69, 9.17) is 9.47 Å². The number of hydrogen-bond acceptors (Lipinski definition) is 10. The molecule has 1 heterocycles. The molecule has 0 saturated carbocycles. The lowest BCUT2D eigenvalue weighted by atomic mass is 9.98. The van der Waals surface area contributed by atoms with Gasteiger partial charge in [-0.25, -0.2) is 0 Å². The van der Waals surface area contributed by atoms with Crippen molar-refractivity contribution < 1.29 is 50.0 Å². The molecule has 79 heavy (non-hydrogen) atoms. The number of ether oxygens (including phenoxy) is 2. The molecule has 0 aromatic rings. The van der Waals surface area contributed by atoms with E-state index in [2.05, 4.69) is 55.6 Å². The first-order valence-corrected chi connectivity index (χ1v) is 33.9. The number of rotatable bonds is 59. The number of carbonyl (C=O) groups excluding carboxylic acids is 1. The van der Waals surface area contributed by atoms with Gasteiger partial charge >= 0.3 is 0 Å². The summed E-state index contributed by atoms with van der Waals surface area (Å²) in [5.41, 5.74) is 0. The van der Waals surface area contributed by atoms with Crippen LogP contribution >= 0.6 is 0 Å². The summed E-state index contributed by atoms with van der Waals surface area (Å²) in [6, 6.07) is -1.19. The van der Waals surface area contributed by atoms with Crippen LogP contribution in [0.1, 0.15) is 322 Å². The minimum atomic E-state index is -1.67. The topological polar surface area (TPSA) is 189 Å². The number of aliphatic hydroxyl groups is 7. The first-order chi connectivity index (χ1) is 38.7. The van der Waals surface area contributed by atoms with Gasteiger partial charge in [0.15, 0.2) is 6.29 Å². The SMILES string of the molecule is CCCCCCCCC/C=C/CC/C=C/CCCC(O)C(O)C(COC1OC(CO)C(O)C(O)C1O)NC(=O)C(O)CCCCCCCCCCCCCCCCCC/C=C\CCCCCCCCCCCCCCCCCC. The van der Waals surface area contributed by atoms with Crippen molar-refractivity contribution in [1.29, 1.82) is 0 Å². The smallest absolute Gasteiger partial charge is 0.249 e. The number of hydrogen-bond donors (Lipinski definition) is 8. The standard InChI is InChI=1S/C68H129NO10/c1-3-5-7-9-11-13-15-17-19-21-22-23-24-25-26-27-28-29-30-31-32-33-34-35-36-37-38-39-40-42-44-46-48-50-52-54-56-61(72)67(77)69-59(58-78-68-66(76)65(75)64(74)62(57-70)79-68)63(73)60(71)55-53-51-49-47-45-43-41-20-18-16-14-12-10-8-6-4-2/h20,29-30,41,47,49,59-66,68,70-76H,3-19,21-28,31-40,42-46,48,50-58H2,1-2H3,(H,69,77)/b30-29-,41-20+,49-47+. The Labute approximate surface area is 486 Å². The monoisotopic (exact) mass is 1120 g/mol. The molecule has 9 atom stereocenters. The number of amides is 1. The molecule has 1 aliphatic rings. The Morgan fingerprint density at radius 3 is 1.13 bits per heavy atom. The van der Waals surface area contributed by atoms with Crippen LogP contribution in [-0.4, -0.2) is 110 Å². The van der Waals surface area contributed by atoms with Crippen molar-refractivity contribution >= 4 is 5.91 Å². The van der Waals surface area contributed by atoms with Crippen LogP contribution in [0.3, 0.4) is 0 Å². The van der Waals surface area contributed by atoms with Gasteiger partial charge in [-0.05, 0) is 77.0 Å². The Morgan fingerprint density at radius 1 is 0.430 bits per heavy atom. The summed E-state index contributed by atoms with van der Waals surface area (Å²) >= 11 is 0. The van der Waals surface area contributed by atoms with Crippen LogP contribution < -0.4 is 5.32 Å². The second-order valence-electron chi connectivity index (χ2n) is 23.9. The third kappa shape index (κ3) is 44.5. The first kappa shape index (κ1) is 75.3. The molecule has 0 aromatic heterocycles. The average Bonchev–Trinajstić information content (AvgIpc) is 3.46. The molecule has 1 amide bonds. The summed E-state index contributed by atoms with van der Waals surface area (Å²) in [6.07, 6.45) is 61.0. The zero-order chi connectivity index (χ0) is 57.5. The van der Waals surface area contributed by atoms with Gasteiger partial charge in [-0.15, -0.1) is 0 Å². The number of nitrogens with one attached hydrogen (secondary N) is 1. The fraction of sp³-hybridized carbons (Fsp3) is 0.897. The first-order valence-electron chi connectivity index (χ1n) is 33.9. The Bertz CT molecular complexity index is 1380. The minimum Gasteiger partial charge on any atom is -0.394 e. The van der Waals surface area contributed by atoms with E-state index in [1.807, 2.05) is 0 Å². The molecular weight excluding hydrogens is 991 g/mol. The molecule has 0 bridgehead atoms. The van der Waals surface area contributed by atoms with E-state index in [1.165, 1.54) is 238 Å². The average molecular weight is 1120 g/mol. The van der Waals surface area contributed by atoms with Gasteiger partial charge in [0.2, 0.25) is 5.91 Å². The molecule has 1 rings (SSSR count). The second kappa shape index (κ2) is 56.8. The zero-order valence-corrected chi connectivity index (χ0v) is 51.4. The molecule has 9 unspecified atom stereocenters. The normalized spacial score (nSPS) is 19.5. The Morgan fingerprint density at radius 2 is 0.759 bits per heavy atom. The third-order valence-electron chi connectivity index (χ3n) is 16.4. The van der Waals surface area contributed by atoms with Crippen molar-refractivity contribution in [2.75, 3.05) is 13.2 Å². The van der Waals surface area contributed by atoms with Crippen molar-refractivity contribution in [2.45, 2.75) is 377 Å². The summed E-state index contributed by atoms with van der Waals surface area (Å²) in [6.45, 7) is 3.46. The molecule has 466 valence electrons. The summed E-state index contributed by atoms with van der Waals surface area (Å²) < 4.78 is 11.1. The highest BCUT2D eigenvalue weighted by molar-refractivity contribution is 5.80. The van der Waals surface area contributed by atoms with Gasteiger partial charge in [0.05, 0.1) is 25.4 Å². The third-order valence-corrected chi connectivity index (χ3v) is 16.4. The molecule has 0 aromatic carbocycles. The Kier molecular flexibility index (Phi) is 54.2. The Balaban J connectivity index is 2.15. The molecule has 11 nitrogen and oxygen atoms in total. The van der Waals surface area contributed by atoms with Gasteiger partial charge < -0.3 is 50.5 Å². The van der Waals surface area contributed by atoms with E-state index in [0.717, 1.165) is 38.5 Å². The van der Waals surface area contributed by atoms with Crippen LogP contribution in [0.15, 0.2) is 36.5 Å². The van der Waals surface area contributed by atoms with Crippen molar-refractivity contribution in [3.05, 3.63) is 36.5 Å². The fourth-order valence-corrected chi connectivity index (χ4v) is 10.9. The van der Waals surface area contributed by atoms with Crippen molar-refractivity contribution in [3.8, 4) is 0 Å². The van der Waals surface area contributed by atoms with E-state index < -0.39 is 74.2 Å². The lowest BCUT2D eigenvalue weighted by Crippen LogP contribution is -2.60. The number of carbonyl (C=O) groups is 1.